The third-order valence-corrected chi connectivity index (χ3v) is 6.70. The first kappa shape index (κ1) is 24.0. The number of carbonyl (C=O) groups is 1. The fourth-order valence-corrected chi connectivity index (χ4v) is 5.13. The number of hydrogen-bond donors (Lipinski definition) is 1. The van der Waals surface area contributed by atoms with Crippen LogP contribution in [0.4, 0.5) is 14.9 Å². The van der Waals surface area contributed by atoms with Crippen LogP contribution in [0.15, 0.2) is 36.4 Å². The standard InChI is InChI=1S/C27H32FN3O3/c1-27(2,3)34-26(33)31-13-10-21-14-19(17-32)4-6-22(21)25(31)20-8-11-30(12-9-20)24-7-5-18(16-29)15-23(24)28/h4-7,14-15,20,25,32H,8-13,17H2,1-3H3. The van der Waals surface area contributed by atoms with Crippen molar-refractivity contribution in [2.45, 2.75) is 58.3 Å². The molecule has 1 fully saturated rings. The van der Waals surface area contributed by atoms with Gasteiger partial charge in [-0.2, -0.15) is 5.26 Å². The van der Waals surface area contributed by atoms with Gasteiger partial charge in [-0.15, -0.1) is 0 Å². The second kappa shape index (κ2) is 9.63. The maximum absolute atomic E-state index is 14.6. The Morgan fingerprint density at radius 2 is 1.91 bits per heavy atom. The highest BCUT2D eigenvalue weighted by molar-refractivity contribution is 5.69. The van der Waals surface area contributed by atoms with E-state index in [4.69, 9.17) is 10.00 Å². The molecule has 1 amide bonds. The lowest BCUT2D eigenvalue weighted by atomic mass is 9.79. The van der Waals surface area contributed by atoms with Gasteiger partial charge < -0.3 is 19.6 Å². The number of aliphatic hydroxyl groups excluding tert-OH is 1. The van der Waals surface area contributed by atoms with E-state index in [2.05, 4.69) is 0 Å². The molecular weight excluding hydrogens is 433 g/mol. The van der Waals surface area contributed by atoms with Crippen LogP contribution in [0, 0.1) is 23.1 Å². The quantitative estimate of drug-likeness (QED) is 0.695. The molecule has 1 saturated heterocycles. The molecular formula is C27H32FN3O3. The van der Waals surface area contributed by atoms with Crippen molar-refractivity contribution in [1.29, 1.82) is 5.26 Å². The minimum atomic E-state index is -0.584. The van der Waals surface area contributed by atoms with Gasteiger partial charge in [0.1, 0.15) is 11.4 Å². The molecule has 7 heteroatoms. The largest absolute Gasteiger partial charge is 0.444 e. The third-order valence-electron chi connectivity index (χ3n) is 6.70. The predicted octanol–water partition coefficient (Wildman–Crippen LogP) is 4.94. The highest BCUT2D eigenvalue weighted by Gasteiger charge is 2.39. The van der Waals surface area contributed by atoms with E-state index in [0.29, 0.717) is 37.3 Å². The van der Waals surface area contributed by atoms with Crippen molar-refractivity contribution in [3.05, 3.63) is 64.5 Å². The lowest BCUT2D eigenvalue weighted by Gasteiger charge is -2.45. The smallest absolute Gasteiger partial charge is 0.410 e. The highest BCUT2D eigenvalue weighted by atomic mass is 19.1. The summed E-state index contributed by atoms with van der Waals surface area (Å²) in [6.45, 7) is 7.49. The van der Waals surface area contributed by atoms with E-state index in [0.717, 1.165) is 29.5 Å². The number of nitriles is 1. The molecule has 2 aromatic carbocycles. The Morgan fingerprint density at radius 1 is 1.18 bits per heavy atom. The average Bonchev–Trinajstić information content (AvgIpc) is 2.82. The number of halogens is 1. The van der Waals surface area contributed by atoms with Crippen molar-refractivity contribution >= 4 is 11.8 Å². The molecule has 1 atom stereocenters. The van der Waals surface area contributed by atoms with Gasteiger partial charge >= 0.3 is 6.09 Å². The van der Waals surface area contributed by atoms with Crippen LogP contribution in [-0.2, 0) is 17.8 Å². The number of benzene rings is 2. The molecule has 180 valence electrons. The van der Waals surface area contributed by atoms with E-state index in [1.807, 2.05) is 54.8 Å². The van der Waals surface area contributed by atoms with Crippen LogP contribution in [0.3, 0.4) is 0 Å². The normalized spacial score (nSPS) is 18.9. The highest BCUT2D eigenvalue weighted by Crippen LogP contribution is 2.41. The van der Waals surface area contributed by atoms with Crippen molar-refractivity contribution in [1.82, 2.24) is 4.90 Å². The zero-order valence-electron chi connectivity index (χ0n) is 20.1. The first-order valence-electron chi connectivity index (χ1n) is 11.9. The van der Waals surface area contributed by atoms with E-state index in [9.17, 15) is 14.3 Å². The van der Waals surface area contributed by atoms with Gasteiger partial charge in [-0.05, 0) is 80.8 Å². The van der Waals surface area contributed by atoms with Gasteiger partial charge in [-0.25, -0.2) is 9.18 Å². The van der Waals surface area contributed by atoms with Gasteiger partial charge in [0.05, 0.1) is 30.0 Å². The fourth-order valence-electron chi connectivity index (χ4n) is 5.13. The topological polar surface area (TPSA) is 76.8 Å². The molecule has 34 heavy (non-hydrogen) atoms. The van der Waals surface area contributed by atoms with Crippen LogP contribution in [0.5, 0.6) is 0 Å². The molecule has 2 aliphatic rings. The van der Waals surface area contributed by atoms with Crippen molar-refractivity contribution in [3.8, 4) is 6.07 Å². The summed E-state index contributed by atoms with van der Waals surface area (Å²) in [7, 11) is 0. The van der Waals surface area contributed by atoms with Crippen LogP contribution in [0.2, 0.25) is 0 Å². The van der Waals surface area contributed by atoms with E-state index in [-0.39, 0.29) is 30.5 Å². The minimum Gasteiger partial charge on any atom is -0.444 e. The zero-order chi connectivity index (χ0) is 24.5. The van der Waals surface area contributed by atoms with Gasteiger partial charge in [0.2, 0.25) is 0 Å². The lowest BCUT2D eigenvalue weighted by molar-refractivity contribution is 0.00497. The monoisotopic (exact) mass is 465 g/mol. The fraction of sp³-hybridized carbons (Fsp3) is 0.481. The lowest BCUT2D eigenvalue weighted by Crippen LogP contribution is -2.48. The van der Waals surface area contributed by atoms with Crippen LogP contribution in [0.25, 0.3) is 0 Å². The number of aliphatic hydroxyl groups is 1. The van der Waals surface area contributed by atoms with E-state index in [1.165, 1.54) is 6.07 Å². The van der Waals surface area contributed by atoms with Crippen LogP contribution < -0.4 is 4.90 Å². The third kappa shape index (κ3) is 5.02. The Morgan fingerprint density at radius 3 is 2.53 bits per heavy atom. The molecule has 2 heterocycles. The number of nitrogens with zero attached hydrogens (tertiary/aromatic N) is 3. The summed E-state index contributed by atoms with van der Waals surface area (Å²) in [5, 5.41) is 18.6. The SMILES string of the molecule is CC(C)(C)OC(=O)N1CCc2cc(CO)ccc2C1C1CCN(c2ccc(C#N)cc2F)CC1. The Bertz CT molecular complexity index is 1100. The molecule has 0 saturated carbocycles. The number of amides is 1. The summed E-state index contributed by atoms with van der Waals surface area (Å²) in [4.78, 5) is 17.0. The first-order valence-corrected chi connectivity index (χ1v) is 11.9. The number of ether oxygens (including phenoxy) is 1. The van der Waals surface area contributed by atoms with Gasteiger partial charge in [-0.3, -0.25) is 0 Å². The molecule has 2 aliphatic heterocycles. The summed E-state index contributed by atoms with van der Waals surface area (Å²) in [6.07, 6.45) is 2.00. The molecule has 6 nitrogen and oxygen atoms in total. The number of carbonyl (C=O) groups excluding carboxylic acids is 1. The summed E-state index contributed by atoms with van der Waals surface area (Å²) in [5.41, 5.74) is 3.38. The van der Waals surface area contributed by atoms with E-state index >= 15 is 0 Å². The molecule has 1 N–H and O–H groups in total. The van der Waals surface area contributed by atoms with E-state index < -0.39 is 5.60 Å². The number of piperidine rings is 1. The number of fused-ring (bicyclic) bond motifs is 1. The Hall–Kier alpha value is -3.11. The summed E-state index contributed by atoms with van der Waals surface area (Å²) >= 11 is 0. The second-order valence-electron chi connectivity index (χ2n) is 10.2. The van der Waals surface area contributed by atoms with E-state index in [1.54, 1.807) is 12.1 Å². The second-order valence-corrected chi connectivity index (χ2v) is 10.2. The molecule has 0 bridgehead atoms. The van der Waals surface area contributed by atoms with Gasteiger partial charge in [-0.1, -0.05) is 18.2 Å². The van der Waals surface area contributed by atoms with Gasteiger partial charge in [0.25, 0.3) is 0 Å². The molecule has 0 aromatic heterocycles. The zero-order valence-corrected chi connectivity index (χ0v) is 20.1. The molecule has 0 aliphatic carbocycles. The van der Waals surface area contributed by atoms with Crippen molar-refractivity contribution in [3.63, 3.8) is 0 Å². The number of rotatable bonds is 3. The molecule has 0 spiro atoms. The molecule has 4 rings (SSSR count). The van der Waals surface area contributed by atoms with Crippen LogP contribution in [-0.4, -0.2) is 41.3 Å². The summed E-state index contributed by atoms with van der Waals surface area (Å²) in [5.74, 6) is -0.184. The molecule has 0 radical (unpaired) electrons. The van der Waals surface area contributed by atoms with Crippen molar-refractivity contribution < 1.29 is 19.0 Å². The Kier molecular flexibility index (Phi) is 6.81. The van der Waals surface area contributed by atoms with Crippen molar-refractivity contribution in [2.24, 2.45) is 5.92 Å². The van der Waals surface area contributed by atoms with Crippen molar-refractivity contribution in [2.75, 3.05) is 24.5 Å². The predicted molar refractivity (Wildman–Crippen MR) is 128 cm³/mol. The van der Waals surface area contributed by atoms with Gasteiger partial charge in [0, 0.05) is 19.6 Å². The van der Waals surface area contributed by atoms with Gasteiger partial charge in [0.15, 0.2) is 0 Å². The number of hydrogen-bond acceptors (Lipinski definition) is 5. The Balaban J connectivity index is 1.58. The minimum absolute atomic E-state index is 0.0116. The number of anilines is 1. The summed E-state index contributed by atoms with van der Waals surface area (Å²) < 4.78 is 20.3. The average molecular weight is 466 g/mol. The molecule has 1 unspecified atom stereocenters. The van der Waals surface area contributed by atoms with Crippen LogP contribution in [0.1, 0.15) is 61.9 Å². The maximum Gasteiger partial charge on any atom is 0.410 e. The molecule has 2 aromatic rings. The van der Waals surface area contributed by atoms with Crippen LogP contribution >= 0.6 is 0 Å². The Labute approximate surface area is 200 Å². The maximum atomic E-state index is 14.6. The summed E-state index contributed by atoms with van der Waals surface area (Å²) in [6, 6.07) is 12.4. The first-order chi connectivity index (χ1) is 16.2.